The topological polar surface area (TPSA) is 96.1 Å². The van der Waals surface area contributed by atoms with Gasteiger partial charge in [-0.2, -0.15) is 0 Å². The number of pyridine rings is 1. The van der Waals surface area contributed by atoms with Crippen molar-refractivity contribution in [2.45, 2.75) is 6.92 Å². The molecule has 6 nitrogen and oxygen atoms in total. The summed E-state index contributed by atoms with van der Waals surface area (Å²) in [6.45, 7) is 1.83. The average Bonchev–Trinajstić information content (AvgIpc) is 2.35. The van der Waals surface area contributed by atoms with Crippen LogP contribution in [0.2, 0.25) is 0 Å². The van der Waals surface area contributed by atoms with Crippen molar-refractivity contribution in [2.24, 2.45) is 0 Å². The maximum Gasteiger partial charge on any atom is 0.248 e. The molecule has 0 bridgehead atoms. The largest absolute Gasteiger partial charge is 0.325 e. The number of amides is 1. The first-order chi connectivity index (χ1) is 9.74. The summed E-state index contributed by atoms with van der Waals surface area (Å²) in [4.78, 5) is 25.8. The molecule has 0 aliphatic heterocycles. The molecule has 2 aromatic rings. The molecule has 0 fully saturated rings. The number of fused-ring (bicyclic) bond motifs is 1. The summed E-state index contributed by atoms with van der Waals surface area (Å²) in [5, 5.41) is 3.49. The number of aromatic nitrogens is 1. The predicted octanol–water partition coefficient (Wildman–Crippen LogP) is 1.47. The molecule has 21 heavy (non-hydrogen) atoms. The van der Waals surface area contributed by atoms with Gasteiger partial charge in [-0.25, -0.2) is 8.42 Å². The van der Waals surface area contributed by atoms with Crippen molar-refractivity contribution < 1.29 is 13.2 Å². The molecule has 0 aliphatic carbocycles. The third kappa shape index (κ3) is 4.33. The van der Waals surface area contributed by atoms with Crippen LogP contribution in [0.5, 0.6) is 0 Å². The van der Waals surface area contributed by atoms with E-state index in [2.05, 4.69) is 10.3 Å². The summed E-state index contributed by atoms with van der Waals surface area (Å²) < 4.78 is 22.0. The Bertz CT molecular complexity index is 856. The van der Waals surface area contributed by atoms with Crippen molar-refractivity contribution in [3.05, 3.63) is 40.2 Å². The van der Waals surface area contributed by atoms with E-state index < -0.39 is 14.8 Å². The molecule has 0 atom stereocenters. The van der Waals surface area contributed by atoms with Crippen molar-refractivity contribution in [2.75, 3.05) is 17.3 Å². The van der Waals surface area contributed by atoms with Crippen molar-refractivity contribution >= 4 is 42.2 Å². The standard InChI is InChI=1S/C13H14N2O4S2/c1-8-5-12(16)15-11-6-9(3-4-10(8)11)14-13(17)7-20-21(2,18)19/h3-6H,7H2,1-2H3,(H,14,17)(H,15,16). The Labute approximate surface area is 125 Å². The van der Waals surface area contributed by atoms with E-state index in [9.17, 15) is 18.0 Å². The zero-order valence-corrected chi connectivity index (χ0v) is 13.1. The van der Waals surface area contributed by atoms with Crippen molar-refractivity contribution in [3.63, 3.8) is 0 Å². The summed E-state index contributed by atoms with van der Waals surface area (Å²) in [6, 6.07) is 6.65. The van der Waals surface area contributed by atoms with E-state index >= 15 is 0 Å². The van der Waals surface area contributed by atoms with Gasteiger partial charge in [0.1, 0.15) is 0 Å². The molecule has 0 aliphatic rings. The zero-order chi connectivity index (χ0) is 15.6. The number of hydrogen-bond acceptors (Lipinski definition) is 5. The minimum atomic E-state index is -3.25. The van der Waals surface area contributed by atoms with Gasteiger partial charge in [-0.05, 0) is 35.4 Å². The van der Waals surface area contributed by atoms with Crippen LogP contribution in [0, 0.1) is 6.92 Å². The van der Waals surface area contributed by atoms with Crippen LogP contribution in [-0.2, 0) is 13.7 Å². The highest BCUT2D eigenvalue weighted by Gasteiger charge is 2.09. The average molecular weight is 326 g/mol. The fraction of sp³-hybridized carbons (Fsp3) is 0.231. The fourth-order valence-corrected chi connectivity index (χ4v) is 3.23. The summed E-state index contributed by atoms with van der Waals surface area (Å²) in [5.74, 6) is -0.596. The molecule has 2 rings (SSSR count). The minimum Gasteiger partial charge on any atom is -0.325 e. The maximum absolute atomic E-state index is 11.7. The Balaban J connectivity index is 2.20. The first kappa shape index (κ1) is 15.6. The Morgan fingerprint density at radius 3 is 2.71 bits per heavy atom. The lowest BCUT2D eigenvalue weighted by atomic mass is 10.1. The minimum absolute atomic E-state index is 0.179. The fourth-order valence-electron chi connectivity index (χ4n) is 1.87. The van der Waals surface area contributed by atoms with Crippen molar-refractivity contribution in [1.82, 2.24) is 4.98 Å². The molecule has 1 aromatic heterocycles. The quantitative estimate of drug-likeness (QED) is 0.829. The third-order valence-corrected chi connectivity index (χ3v) is 5.18. The Hall–Kier alpha value is -1.80. The highest BCUT2D eigenvalue weighted by molar-refractivity contribution is 8.72. The van der Waals surface area contributed by atoms with Crippen LogP contribution in [0.1, 0.15) is 5.56 Å². The number of carbonyl (C=O) groups excluding carboxylic acids is 1. The van der Waals surface area contributed by atoms with Gasteiger partial charge in [-0.15, -0.1) is 0 Å². The third-order valence-electron chi connectivity index (χ3n) is 2.74. The molecule has 2 N–H and O–H groups in total. The number of carbonyl (C=O) groups is 1. The molecule has 1 amide bonds. The Morgan fingerprint density at radius 2 is 2.05 bits per heavy atom. The number of H-pyrrole nitrogens is 1. The number of hydrogen-bond donors (Lipinski definition) is 2. The molecular formula is C13H14N2O4S2. The summed E-state index contributed by atoms with van der Waals surface area (Å²) in [6.07, 6.45) is 1.05. The molecule has 0 spiro atoms. The molecule has 112 valence electrons. The van der Waals surface area contributed by atoms with Gasteiger partial charge >= 0.3 is 0 Å². The lowest BCUT2D eigenvalue weighted by molar-refractivity contribution is -0.113. The van der Waals surface area contributed by atoms with Crippen LogP contribution in [0.25, 0.3) is 10.9 Å². The van der Waals surface area contributed by atoms with E-state index in [-0.39, 0.29) is 11.3 Å². The second kappa shape index (κ2) is 5.90. The van der Waals surface area contributed by atoms with Gasteiger partial charge in [0.2, 0.25) is 11.5 Å². The lowest BCUT2D eigenvalue weighted by Gasteiger charge is -2.07. The van der Waals surface area contributed by atoms with Gasteiger partial charge in [0.25, 0.3) is 0 Å². The van der Waals surface area contributed by atoms with Crippen molar-refractivity contribution in [1.29, 1.82) is 0 Å². The summed E-state index contributed by atoms with van der Waals surface area (Å²) in [5.41, 5.74) is 1.76. The van der Waals surface area contributed by atoms with E-state index in [1.165, 1.54) is 6.07 Å². The van der Waals surface area contributed by atoms with E-state index in [4.69, 9.17) is 0 Å². The molecule has 8 heteroatoms. The number of aromatic amines is 1. The van der Waals surface area contributed by atoms with E-state index in [0.29, 0.717) is 22.0 Å². The first-order valence-electron chi connectivity index (χ1n) is 6.02. The van der Waals surface area contributed by atoms with Gasteiger partial charge in [-0.3, -0.25) is 9.59 Å². The van der Waals surface area contributed by atoms with E-state index in [0.717, 1.165) is 17.2 Å². The van der Waals surface area contributed by atoms with E-state index in [1.54, 1.807) is 18.2 Å². The monoisotopic (exact) mass is 326 g/mol. The smallest absolute Gasteiger partial charge is 0.248 e. The van der Waals surface area contributed by atoms with Gasteiger partial charge in [0.15, 0.2) is 8.87 Å². The normalized spacial score (nSPS) is 11.5. The van der Waals surface area contributed by atoms with Crippen molar-refractivity contribution in [3.8, 4) is 0 Å². The van der Waals surface area contributed by atoms with Gasteiger partial charge in [0, 0.05) is 23.4 Å². The molecule has 1 heterocycles. The van der Waals surface area contributed by atoms with Crippen LogP contribution in [0.3, 0.4) is 0 Å². The maximum atomic E-state index is 11.7. The molecule has 0 saturated carbocycles. The molecular weight excluding hydrogens is 312 g/mol. The highest BCUT2D eigenvalue weighted by Crippen LogP contribution is 2.19. The lowest BCUT2D eigenvalue weighted by Crippen LogP contribution is -2.15. The van der Waals surface area contributed by atoms with Crippen LogP contribution in [-0.4, -0.2) is 31.3 Å². The number of nitrogens with one attached hydrogen (secondary N) is 2. The van der Waals surface area contributed by atoms with Crippen LogP contribution < -0.4 is 10.9 Å². The van der Waals surface area contributed by atoms with Gasteiger partial charge in [0.05, 0.1) is 11.3 Å². The second-order valence-corrected chi connectivity index (χ2v) is 9.05. The number of anilines is 1. The zero-order valence-electron chi connectivity index (χ0n) is 11.5. The number of rotatable bonds is 4. The SMILES string of the molecule is Cc1cc(=O)[nH]c2cc(NC(=O)CSS(C)(=O)=O)ccc12. The predicted molar refractivity (Wildman–Crippen MR) is 85.2 cm³/mol. The summed E-state index contributed by atoms with van der Waals surface area (Å²) in [7, 11) is -2.68. The highest BCUT2D eigenvalue weighted by atomic mass is 33.1. The number of benzene rings is 1. The van der Waals surface area contributed by atoms with Gasteiger partial charge < -0.3 is 10.3 Å². The Kier molecular flexibility index (Phi) is 4.38. The second-order valence-electron chi connectivity index (χ2n) is 4.59. The van der Waals surface area contributed by atoms with Crippen LogP contribution in [0.15, 0.2) is 29.1 Å². The van der Waals surface area contributed by atoms with Crippen LogP contribution in [0.4, 0.5) is 5.69 Å². The molecule has 0 saturated heterocycles. The molecule has 0 unspecified atom stereocenters. The first-order valence-corrected chi connectivity index (χ1v) is 9.42. The Morgan fingerprint density at radius 1 is 1.33 bits per heavy atom. The van der Waals surface area contributed by atoms with Crippen LogP contribution >= 0.6 is 10.8 Å². The molecule has 1 aromatic carbocycles. The number of aryl methyl sites for hydroxylation is 1. The molecule has 0 radical (unpaired) electrons. The summed E-state index contributed by atoms with van der Waals surface area (Å²) >= 11 is 0. The van der Waals surface area contributed by atoms with E-state index in [1.807, 2.05) is 6.92 Å². The van der Waals surface area contributed by atoms with Gasteiger partial charge in [-0.1, -0.05) is 6.07 Å².